The van der Waals surface area contributed by atoms with E-state index in [1.807, 2.05) is 0 Å². The first-order valence-corrected chi connectivity index (χ1v) is 9.70. The fourth-order valence-corrected chi connectivity index (χ4v) is 2.85. The smallest absolute Gasteiger partial charge is 0.416 e. The maximum Gasteiger partial charge on any atom is 0.416 e. The lowest BCUT2D eigenvalue weighted by molar-refractivity contribution is -0.145. The van der Waals surface area contributed by atoms with E-state index in [0.29, 0.717) is 17.1 Å². The maximum absolute atomic E-state index is 12.8. The van der Waals surface area contributed by atoms with Crippen LogP contribution in [-0.2, 0) is 22.3 Å². The van der Waals surface area contributed by atoms with Gasteiger partial charge in [-0.3, -0.25) is 9.69 Å². The number of carbonyl (C=O) groups is 1. The van der Waals surface area contributed by atoms with Gasteiger partial charge < -0.3 is 19.3 Å². The van der Waals surface area contributed by atoms with Crippen molar-refractivity contribution < 1.29 is 37.3 Å². The molecule has 0 aliphatic carbocycles. The molecule has 0 bridgehead atoms. The predicted octanol–water partition coefficient (Wildman–Crippen LogP) is 3.52. The molecule has 0 fully saturated rings. The SMILES string of the molecule is CCOC(=O)CN(Cc1ccc(C(F)(F)F)cc1)CC(O)COc1ccc(OC)cc1. The Bertz CT molecular complexity index is 809. The number of carbonyl (C=O) groups excluding carboxylic acids is 1. The molecule has 0 aliphatic rings. The molecule has 31 heavy (non-hydrogen) atoms. The second kappa shape index (κ2) is 11.6. The molecule has 0 amide bonds. The molecule has 6 nitrogen and oxygen atoms in total. The molecule has 0 saturated carbocycles. The molecule has 0 heterocycles. The first-order valence-electron chi connectivity index (χ1n) is 9.70. The van der Waals surface area contributed by atoms with E-state index in [1.54, 1.807) is 43.2 Å². The Hall–Kier alpha value is -2.78. The number of methoxy groups -OCH3 is 1. The van der Waals surface area contributed by atoms with Crippen molar-refractivity contribution in [1.82, 2.24) is 4.90 Å². The molecule has 170 valence electrons. The van der Waals surface area contributed by atoms with Crippen LogP contribution in [0.2, 0.25) is 0 Å². The zero-order valence-corrected chi connectivity index (χ0v) is 17.4. The Morgan fingerprint density at radius 1 is 1.06 bits per heavy atom. The number of hydrogen-bond donors (Lipinski definition) is 1. The summed E-state index contributed by atoms with van der Waals surface area (Å²) in [6.45, 7) is 1.96. The van der Waals surface area contributed by atoms with Crippen LogP contribution < -0.4 is 9.47 Å². The van der Waals surface area contributed by atoms with Gasteiger partial charge in [0.05, 0.1) is 25.8 Å². The molecule has 0 aliphatic heterocycles. The van der Waals surface area contributed by atoms with Crippen LogP contribution in [0.25, 0.3) is 0 Å². The van der Waals surface area contributed by atoms with Gasteiger partial charge in [0.25, 0.3) is 0 Å². The van der Waals surface area contributed by atoms with Gasteiger partial charge in [0.15, 0.2) is 0 Å². The first kappa shape index (κ1) is 24.5. The van der Waals surface area contributed by atoms with E-state index in [0.717, 1.165) is 12.1 Å². The summed E-state index contributed by atoms with van der Waals surface area (Å²) in [5.41, 5.74) is -0.179. The van der Waals surface area contributed by atoms with Crippen LogP contribution in [0.15, 0.2) is 48.5 Å². The van der Waals surface area contributed by atoms with Crippen molar-refractivity contribution >= 4 is 5.97 Å². The monoisotopic (exact) mass is 441 g/mol. The van der Waals surface area contributed by atoms with Crippen LogP contribution in [0.3, 0.4) is 0 Å². The van der Waals surface area contributed by atoms with Crippen LogP contribution >= 0.6 is 0 Å². The average molecular weight is 441 g/mol. The molecule has 9 heteroatoms. The highest BCUT2D eigenvalue weighted by Crippen LogP contribution is 2.29. The van der Waals surface area contributed by atoms with E-state index < -0.39 is 23.8 Å². The third kappa shape index (κ3) is 8.47. The minimum atomic E-state index is -4.42. The van der Waals surface area contributed by atoms with Gasteiger partial charge in [0, 0.05) is 13.1 Å². The molecule has 2 aromatic carbocycles. The standard InChI is InChI=1S/C22H26F3NO5/c1-3-30-21(28)14-26(12-16-4-6-17(7-5-16)22(23,24)25)13-18(27)15-31-20-10-8-19(29-2)9-11-20/h4-11,18,27H,3,12-15H2,1-2H3. The number of aliphatic hydroxyl groups is 1. The molecular weight excluding hydrogens is 415 g/mol. The molecule has 0 spiro atoms. The lowest BCUT2D eigenvalue weighted by atomic mass is 10.1. The number of alkyl halides is 3. The molecule has 0 aromatic heterocycles. The van der Waals surface area contributed by atoms with Gasteiger partial charge in [-0.1, -0.05) is 12.1 Å². The molecule has 2 rings (SSSR count). The molecule has 0 saturated heterocycles. The van der Waals surface area contributed by atoms with Crippen LogP contribution in [0.4, 0.5) is 13.2 Å². The highest BCUT2D eigenvalue weighted by Gasteiger charge is 2.30. The van der Waals surface area contributed by atoms with Gasteiger partial charge in [-0.15, -0.1) is 0 Å². The van der Waals surface area contributed by atoms with Crippen molar-refractivity contribution in [3.05, 3.63) is 59.7 Å². The lowest BCUT2D eigenvalue weighted by Gasteiger charge is -2.24. The second-order valence-corrected chi connectivity index (χ2v) is 6.81. The van der Waals surface area contributed by atoms with E-state index in [2.05, 4.69) is 0 Å². The summed E-state index contributed by atoms with van der Waals surface area (Å²) < 4.78 is 53.8. The zero-order valence-electron chi connectivity index (χ0n) is 17.4. The quantitative estimate of drug-likeness (QED) is 0.539. The van der Waals surface area contributed by atoms with Gasteiger partial charge in [-0.2, -0.15) is 13.2 Å². The van der Waals surface area contributed by atoms with Crippen LogP contribution in [-0.4, -0.2) is 55.5 Å². The molecule has 2 aromatic rings. The number of ether oxygens (including phenoxy) is 3. The minimum absolute atomic E-state index is 0.0291. The van der Waals surface area contributed by atoms with Crippen molar-refractivity contribution in [2.75, 3.05) is 33.4 Å². The summed E-state index contributed by atoms with van der Waals surface area (Å²) >= 11 is 0. The number of rotatable bonds is 11. The Balaban J connectivity index is 1.98. The number of benzene rings is 2. The molecule has 1 N–H and O–H groups in total. The van der Waals surface area contributed by atoms with Crippen molar-refractivity contribution in [2.24, 2.45) is 0 Å². The Morgan fingerprint density at radius 2 is 1.68 bits per heavy atom. The molecule has 1 atom stereocenters. The lowest BCUT2D eigenvalue weighted by Crippen LogP contribution is -2.38. The predicted molar refractivity (Wildman–Crippen MR) is 108 cm³/mol. The van der Waals surface area contributed by atoms with E-state index in [1.165, 1.54) is 12.1 Å². The van der Waals surface area contributed by atoms with Crippen molar-refractivity contribution in [3.8, 4) is 11.5 Å². The number of esters is 1. The Morgan fingerprint density at radius 3 is 2.23 bits per heavy atom. The van der Waals surface area contributed by atoms with Crippen molar-refractivity contribution in [3.63, 3.8) is 0 Å². The summed E-state index contributed by atoms with van der Waals surface area (Å²) in [6.07, 6.45) is -5.36. The summed E-state index contributed by atoms with van der Waals surface area (Å²) in [5, 5.41) is 10.4. The average Bonchev–Trinajstić information content (AvgIpc) is 2.72. The fraction of sp³-hybridized carbons (Fsp3) is 0.409. The normalized spacial score (nSPS) is 12.5. The van der Waals surface area contributed by atoms with Gasteiger partial charge in [-0.05, 0) is 48.9 Å². The van der Waals surface area contributed by atoms with Crippen molar-refractivity contribution in [1.29, 1.82) is 0 Å². The third-order valence-electron chi connectivity index (χ3n) is 4.32. The maximum atomic E-state index is 12.8. The summed E-state index contributed by atoms with van der Waals surface area (Å²) in [7, 11) is 1.55. The fourth-order valence-electron chi connectivity index (χ4n) is 2.85. The van der Waals surface area contributed by atoms with Gasteiger partial charge in [-0.25, -0.2) is 0 Å². The van der Waals surface area contributed by atoms with E-state index in [-0.39, 0.29) is 32.8 Å². The van der Waals surface area contributed by atoms with E-state index >= 15 is 0 Å². The zero-order chi connectivity index (χ0) is 22.9. The minimum Gasteiger partial charge on any atom is -0.497 e. The van der Waals surface area contributed by atoms with Crippen molar-refractivity contribution in [2.45, 2.75) is 25.7 Å². The summed E-state index contributed by atoms with van der Waals surface area (Å²) in [6, 6.07) is 11.5. The largest absolute Gasteiger partial charge is 0.497 e. The van der Waals surface area contributed by atoms with Crippen LogP contribution in [0, 0.1) is 0 Å². The summed E-state index contributed by atoms with van der Waals surface area (Å²) in [4.78, 5) is 13.5. The number of nitrogens with zero attached hydrogens (tertiary/aromatic N) is 1. The number of aliphatic hydroxyl groups excluding tert-OH is 1. The van der Waals surface area contributed by atoms with Gasteiger partial charge in [0.1, 0.15) is 24.2 Å². The van der Waals surface area contributed by atoms with E-state index in [4.69, 9.17) is 14.2 Å². The molecular formula is C22H26F3NO5. The number of hydrogen-bond acceptors (Lipinski definition) is 6. The van der Waals surface area contributed by atoms with Gasteiger partial charge >= 0.3 is 12.1 Å². The highest BCUT2D eigenvalue weighted by molar-refractivity contribution is 5.71. The second-order valence-electron chi connectivity index (χ2n) is 6.81. The van der Waals surface area contributed by atoms with Crippen LogP contribution in [0.5, 0.6) is 11.5 Å². The molecule has 0 radical (unpaired) electrons. The number of halogens is 3. The third-order valence-corrected chi connectivity index (χ3v) is 4.32. The van der Waals surface area contributed by atoms with Crippen LogP contribution in [0.1, 0.15) is 18.1 Å². The Kier molecular flexibility index (Phi) is 9.14. The summed E-state index contributed by atoms with van der Waals surface area (Å²) in [5.74, 6) is 0.724. The topological polar surface area (TPSA) is 68.2 Å². The Labute approximate surface area is 179 Å². The first-order chi connectivity index (χ1) is 14.7. The highest BCUT2D eigenvalue weighted by atomic mass is 19.4. The molecule has 1 unspecified atom stereocenters. The van der Waals surface area contributed by atoms with Gasteiger partial charge in [0.2, 0.25) is 0 Å². The van der Waals surface area contributed by atoms with E-state index in [9.17, 15) is 23.1 Å².